The lowest BCUT2D eigenvalue weighted by molar-refractivity contribution is 0.186. The SMILES string of the molecule is C1=CC2C3C=CC2C13. The summed E-state index contributed by atoms with van der Waals surface area (Å²) in [7, 11) is 0. The Labute approximate surface area is 48.9 Å². The van der Waals surface area contributed by atoms with Gasteiger partial charge in [-0.1, -0.05) is 24.3 Å². The lowest BCUT2D eigenvalue weighted by Gasteiger charge is -2.35. The second kappa shape index (κ2) is 0.812. The van der Waals surface area contributed by atoms with Crippen molar-refractivity contribution in [3.05, 3.63) is 24.3 Å². The van der Waals surface area contributed by atoms with Crippen molar-refractivity contribution in [2.75, 3.05) is 0 Å². The summed E-state index contributed by atoms with van der Waals surface area (Å²) in [4.78, 5) is 0. The molecule has 0 unspecified atom stereocenters. The Hall–Kier alpha value is -0.520. The lowest BCUT2D eigenvalue weighted by atomic mass is 9.68. The van der Waals surface area contributed by atoms with Crippen LogP contribution in [0.25, 0.3) is 0 Å². The minimum absolute atomic E-state index is 0.944. The molecule has 1 fully saturated rings. The Kier molecular flexibility index (Phi) is 0.355. The van der Waals surface area contributed by atoms with Gasteiger partial charge in [-0.2, -0.15) is 0 Å². The number of rotatable bonds is 0. The van der Waals surface area contributed by atoms with E-state index < -0.39 is 0 Å². The Balaban J connectivity index is 2.19. The number of hydrogen-bond acceptors (Lipinski definition) is 0. The fraction of sp³-hybridized carbons (Fsp3) is 0.500. The fourth-order valence-electron chi connectivity index (χ4n) is 2.42. The standard InChI is InChI=1S/C8H8/c1-2-6-7-3-4-8(6)5(1)7/h1-8H. The highest BCUT2D eigenvalue weighted by Gasteiger charge is 2.52. The molecule has 0 aliphatic heterocycles. The quantitative estimate of drug-likeness (QED) is 0.409. The van der Waals surface area contributed by atoms with Crippen molar-refractivity contribution in [3.63, 3.8) is 0 Å². The lowest BCUT2D eigenvalue weighted by Crippen LogP contribution is -2.31. The second-order valence-corrected chi connectivity index (χ2v) is 3.08. The maximum Gasteiger partial charge on any atom is -0.00957 e. The molecule has 0 heteroatoms. The van der Waals surface area contributed by atoms with Gasteiger partial charge >= 0.3 is 0 Å². The van der Waals surface area contributed by atoms with Crippen LogP contribution in [-0.2, 0) is 0 Å². The van der Waals surface area contributed by atoms with Gasteiger partial charge in [0.05, 0.1) is 0 Å². The first-order chi connectivity index (χ1) is 3.97. The zero-order chi connectivity index (χ0) is 5.14. The van der Waals surface area contributed by atoms with Crippen LogP contribution in [0.5, 0.6) is 0 Å². The number of hydrogen-bond donors (Lipinski definition) is 0. The molecule has 0 atom stereocenters. The summed E-state index contributed by atoms with van der Waals surface area (Å²) in [5.41, 5.74) is 0. The molecule has 0 nitrogen and oxygen atoms in total. The average Bonchev–Trinajstić information content (AvgIpc) is 2.39. The van der Waals surface area contributed by atoms with Gasteiger partial charge in [-0.05, 0) is 23.7 Å². The summed E-state index contributed by atoms with van der Waals surface area (Å²) in [5, 5.41) is 0. The van der Waals surface area contributed by atoms with Crippen LogP contribution in [0.3, 0.4) is 0 Å². The third-order valence-corrected chi connectivity index (χ3v) is 2.89. The van der Waals surface area contributed by atoms with Crippen molar-refractivity contribution in [3.8, 4) is 0 Å². The number of allylic oxidation sites excluding steroid dienone is 4. The molecule has 4 bridgehead atoms. The van der Waals surface area contributed by atoms with Crippen LogP contribution in [-0.4, -0.2) is 0 Å². The maximum absolute atomic E-state index is 2.39. The van der Waals surface area contributed by atoms with Crippen LogP contribution in [0.2, 0.25) is 0 Å². The molecule has 0 aromatic rings. The van der Waals surface area contributed by atoms with Gasteiger partial charge in [0.15, 0.2) is 0 Å². The summed E-state index contributed by atoms with van der Waals surface area (Å²) in [5.74, 6) is 3.78. The van der Waals surface area contributed by atoms with Crippen LogP contribution in [0, 0.1) is 23.7 Å². The largest absolute Gasteiger partial charge is 0.0839 e. The van der Waals surface area contributed by atoms with Gasteiger partial charge in [-0.15, -0.1) is 0 Å². The molecule has 0 heterocycles. The average molecular weight is 104 g/mol. The normalized spacial score (nSPS) is 62.0. The fourth-order valence-corrected chi connectivity index (χ4v) is 2.42. The van der Waals surface area contributed by atoms with E-state index in [1.807, 2.05) is 0 Å². The summed E-state index contributed by atoms with van der Waals surface area (Å²) in [6.07, 6.45) is 9.56. The van der Waals surface area contributed by atoms with Gasteiger partial charge in [0.2, 0.25) is 0 Å². The molecule has 5 aliphatic rings. The first-order valence-corrected chi connectivity index (χ1v) is 3.33. The van der Waals surface area contributed by atoms with E-state index in [1.165, 1.54) is 0 Å². The first kappa shape index (κ1) is 3.49. The molecule has 0 aromatic heterocycles. The van der Waals surface area contributed by atoms with Crippen LogP contribution in [0.1, 0.15) is 0 Å². The highest BCUT2D eigenvalue weighted by molar-refractivity contribution is 5.34. The Morgan fingerprint density at radius 3 is 1.00 bits per heavy atom. The van der Waals surface area contributed by atoms with Gasteiger partial charge in [-0.25, -0.2) is 0 Å². The molecule has 0 amide bonds. The molecular weight excluding hydrogens is 96.1 g/mol. The predicted molar refractivity (Wildman–Crippen MR) is 32.2 cm³/mol. The van der Waals surface area contributed by atoms with Crippen LogP contribution in [0.15, 0.2) is 24.3 Å². The monoisotopic (exact) mass is 104 g/mol. The summed E-state index contributed by atoms with van der Waals surface area (Å²) < 4.78 is 0. The van der Waals surface area contributed by atoms with Gasteiger partial charge < -0.3 is 0 Å². The minimum Gasteiger partial charge on any atom is -0.0839 e. The summed E-state index contributed by atoms with van der Waals surface area (Å²) >= 11 is 0. The van der Waals surface area contributed by atoms with E-state index in [-0.39, 0.29) is 0 Å². The molecule has 40 valence electrons. The Bertz CT molecular complexity index is 138. The van der Waals surface area contributed by atoms with E-state index in [1.54, 1.807) is 0 Å². The van der Waals surface area contributed by atoms with E-state index >= 15 is 0 Å². The molecular formula is C8H8. The minimum atomic E-state index is 0.944. The van der Waals surface area contributed by atoms with Crippen molar-refractivity contribution in [1.82, 2.24) is 0 Å². The molecule has 1 saturated carbocycles. The molecule has 8 heavy (non-hydrogen) atoms. The van der Waals surface area contributed by atoms with E-state index in [4.69, 9.17) is 0 Å². The van der Waals surface area contributed by atoms with Gasteiger partial charge in [-0.3, -0.25) is 0 Å². The molecule has 0 spiro atoms. The topological polar surface area (TPSA) is 0 Å². The van der Waals surface area contributed by atoms with Crippen molar-refractivity contribution in [2.24, 2.45) is 23.7 Å². The molecule has 0 N–H and O–H groups in total. The summed E-state index contributed by atoms with van der Waals surface area (Å²) in [6.45, 7) is 0. The Morgan fingerprint density at radius 1 is 0.500 bits per heavy atom. The van der Waals surface area contributed by atoms with Crippen molar-refractivity contribution >= 4 is 0 Å². The van der Waals surface area contributed by atoms with E-state index in [0.717, 1.165) is 23.7 Å². The Morgan fingerprint density at radius 2 is 0.750 bits per heavy atom. The molecule has 0 saturated heterocycles. The zero-order valence-corrected chi connectivity index (χ0v) is 4.62. The molecule has 0 aromatic carbocycles. The van der Waals surface area contributed by atoms with E-state index in [2.05, 4.69) is 24.3 Å². The van der Waals surface area contributed by atoms with Crippen molar-refractivity contribution < 1.29 is 0 Å². The molecule has 5 rings (SSSR count). The van der Waals surface area contributed by atoms with Crippen LogP contribution < -0.4 is 0 Å². The second-order valence-electron chi connectivity index (χ2n) is 3.08. The van der Waals surface area contributed by atoms with E-state index in [0.29, 0.717) is 0 Å². The van der Waals surface area contributed by atoms with Crippen molar-refractivity contribution in [2.45, 2.75) is 0 Å². The van der Waals surface area contributed by atoms with Gasteiger partial charge in [0, 0.05) is 0 Å². The van der Waals surface area contributed by atoms with E-state index in [9.17, 15) is 0 Å². The van der Waals surface area contributed by atoms with Crippen LogP contribution >= 0.6 is 0 Å². The highest BCUT2D eigenvalue weighted by Crippen LogP contribution is 2.59. The van der Waals surface area contributed by atoms with Crippen molar-refractivity contribution in [1.29, 1.82) is 0 Å². The molecule has 0 radical (unpaired) electrons. The van der Waals surface area contributed by atoms with Gasteiger partial charge in [0.25, 0.3) is 0 Å². The zero-order valence-electron chi connectivity index (χ0n) is 4.62. The molecule has 5 aliphatic carbocycles. The third kappa shape index (κ3) is 0.169. The third-order valence-electron chi connectivity index (χ3n) is 2.89. The maximum atomic E-state index is 2.39. The van der Waals surface area contributed by atoms with Gasteiger partial charge in [0.1, 0.15) is 0 Å². The predicted octanol–water partition coefficient (Wildman–Crippen LogP) is 1.60. The first-order valence-electron chi connectivity index (χ1n) is 3.33. The van der Waals surface area contributed by atoms with Crippen LogP contribution in [0.4, 0.5) is 0 Å². The smallest absolute Gasteiger partial charge is 0.00957 e. The highest BCUT2D eigenvalue weighted by atomic mass is 14.6. The summed E-state index contributed by atoms with van der Waals surface area (Å²) in [6, 6.07) is 0.